The molecule has 1 heterocycles. The summed E-state index contributed by atoms with van der Waals surface area (Å²) in [5.74, 6) is -0.142. The van der Waals surface area contributed by atoms with E-state index in [1.165, 1.54) is 6.42 Å². The van der Waals surface area contributed by atoms with E-state index in [9.17, 15) is 9.59 Å². The van der Waals surface area contributed by atoms with Crippen LogP contribution in [0, 0.1) is 0 Å². The molecule has 2 amide bonds. The van der Waals surface area contributed by atoms with Gasteiger partial charge in [0.05, 0.1) is 17.8 Å². The van der Waals surface area contributed by atoms with Gasteiger partial charge >= 0.3 is 0 Å². The second-order valence-corrected chi connectivity index (χ2v) is 4.98. The van der Waals surface area contributed by atoms with Gasteiger partial charge in [0, 0.05) is 13.1 Å². The second-order valence-electron chi connectivity index (χ2n) is 4.98. The Morgan fingerprint density at radius 3 is 2.55 bits per heavy atom. The Labute approximate surface area is 119 Å². The number of carbonyl (C=O) groups is 2. The molecular formula is C15H21N3O2. The molecule has 2 rings (SSSR count). The van der Waals surface area contributed by atoms with Crippen molar-refractivity contribution in [3.63, 3.8) is 0 Å². The number of carbonyl (C=O) groups excluding carboxylic acids is 2. The van der Waals surface area contributed by atoms with E-state index >= 15 is 0 Å². The van der Waals surface area contributed by atoms with E-state index in [4.69, 9.17) is 0 Å². The molecule has 1 fully saturated rings. The van der Waals surface area contributed by atoms with Crippen LogP contribution in [0.5, 0.6) is 0 Å². The average Bonchev–Trinajstić information content (AvgIpc) is 2.48. The van der Waals surface area contributed by atoms with Gasteiger partial charge in [-0.1, -0.05) is 12.1 Å². The number of likely N-dealkylation sites (tertiary alicyclic amines) is 1. The maximum absolute atomic E-state index is 12.5. The molecule has 5 heteroatoms. The van der Waals surface area contributed by atoms with Crippen LogP contribution in [0.1, 0.15) is 29.6 Å². The van der Waals surface area contributed by atoms with Gasteiger partial charge < -0.3 is 15.5 Å². The van der Waals surface area contributed by atoms with E-state index in [2.05, 4.69) is 10.6 Å². The number of likely N-dealkylation sites (N-methyl/N-ethyl adjacent to an activating group) is 1. The first-order valence-corrected chi connectivity index (χ1v) is 7.05. The van der Waals surface area contributed by atoms with Crippen LogP contribution in [0.15, 0.2) is 24.3 Å². The fourth-order valence-electron chi connectivity index (χ4n) is 2.40. The lowest BCUT2D eigenvalue weighted by Crippen LogP contribution is -2.36. The second kappa shape index (κ2) is 7.05. The van der Waals surface area contributed by atoms with Gasteiger partial charge in [-0.05, 0) is 38.4 Å². The summed E-state index contributed by atoms with van der Waals surface area (Å²) in [4.78, 5) is 26.1. The highest BCUT2D eigenvalue weighted by molar-refractivity contribution is 6.04. The number of rotatable bonds is 4. The molecule has 108 valence electrons. The summed E-state index contributed by atoms with van der Waals surface area (Å²) in [7, 11) is 1.71. The minimum absolute atomic E-state index is 0.00468. The first kappa shape index (κ1) is 14.5. The summed E-state index contributed by atoms with van der Waals surface area (Å²) < 4.78 is 0. The molecule has 5 nitrogen and oxygen atoms in total. The Balaban J connectivity index is 2.14. The van der Waals surface area contributed by atoms with E-state index in [1.807, 2.05) is 17.0 Å². The third-order valence-corrected chi connectivity index (χ3v) is 3.41. The highest BCUT2D eigenvalue weighted by atomic mass is 16.2. The quantitative estimate of drug-likeness (QED) is 0.874. The molecule has 0 saturated carbocycles. The number of anilines is 1. The van der Waals surface area contributed by atoms with Crippen LogP contribution in [-0.2, 0) is 4.79 Å². The van der Waals surface area contributed by atoms with Gasteiger partial charge in [0.2, 0.25) is 5.91 Å². The van der Waals surface area contributed by atoms with Gasteiger partial charge in [-0.15, -0.1) is 0 Å². The molecule has 20 heavy (non-hydrogen) atoms. The molecule has 0 bridgehead atoms. The molecule has 0 aliphatic carbocycles. The highest BCUT2D eigenvalue weighted by Gasteiger charge is 2.20. The van der Waals surface area contributed by atoms with Crippen molar-refractivity contribution in [2.24, 2.45) is 0 Å². The van der Waals surface area contributed by atoms with Gasteiger partial charge in [0.25, 0.3) is 5.91 Å². The molecule has 1 saturated heterocycles. The van der Waals surface area contributed by atoms with Crippen molar-refractivity contribution in [3.05, 3.63) is 29.8 Å². The normalized spacial score (nSPS) is 14.9. The highest BCUT2D eigenvalue weighted by Crippen LogP contribution is 2.19. The molecule has 1 aromatic rings. The Morgan fingerprint density at radius 2 is 1.85 bits per heavy atom. The van der Waals surface area contributed by atoms with Crippen LogP contribution in [0.25, 0.3) is 0 Å². The molecule has 0 atom stereocenters. The molecule has 0 radical (unpaired) electrons. The zero-order chi connectivity index (χ0) is 14.4. The zero-order valence-electron chi connectivity index (χ0n) is 11.8. The summed E-state index contributed by atoms with van der Waals surface area (Å²) in [6.07, 6.45) is 3.30. The van der Waals surface area contributed by atoms with Crippen LogP contribution in [0.3, 0.4) is 0 Å². The summed E-state index contributed by atoms with van der Waals surface area (Å²) in [5.41, 5.74) is 1.15. The number of piperidine rings is 1. The van der Waals surface area contributed by atoms with Crippen molar-refractivity contribution in [1.82, 2.24) is 10.2 Å². The fourth-order valence-corrected chi connectivity index (χ4v) is 2.40. The Hall–Kier alpha value is -1.88. The summed E-state index contributed by atoms with van der Waals surface area (Å²) >= 11 is 0. The lowest BCUT2D eigenvalue weighted by atomic mass is 10.1. The largest absolute Gasteiger partial charge is 0.339 e. The molecule has 1 aliphatic rings. The van der Waals surface area contributed by atoms with E-state index in [0.717, 1.165) is 25.9 Å². The van der Waals surface area contributed by atoms with Crippen molar-refractivity contribution >= 4 is 17.5 Å². The predicted molar refractivity (Wildman–Crippen MR) is 78.8 cm³/mol. The Bertz CT molecular complexity index is 482. The Kier molecular flexibility index (Phi) is 5.12. The SMILES string of the molecule is CNCC(=O)Nc1ccccc1C(=O)N1CCCCC1. The minimum Gasteiger partial charge on any atom is -0.339 e. The van der Waals surface area contributed by atoms with Crippen LogP contribution < -0.4 is 10.6 Å². The van der Waals surface area contributed by atoms with E-state index in [1.54, 1.807) is 19.2 Å². The standard InChI is InChI=1S/C15H21N3O2/c1-16-11-14(19)17-13-8-4-3-7-12(13)15(20)18-9-5-2-6-10-18/h3-4,7-8,16H,2,5-6,9-11H2,1H3,(H,17,19). The maximum Gasteiger partial charge on any atom is 0.255 e. The third-order valence-electron chi connectivity index (χ3n) is 3.41. The minimum atomic E-state index is -0.147. The van der Waals surface area contributed by atoms with Crippen molar-refractivity contribution in [1.29, 1.82) is 0 Å². The Morgan fingerprint density at radius 1 is 1.15 bits per heavy atom. The number of nitrogens with one attached hydrogen (secondary N) is 2. The van der Waals surface area contributed by atoms with E-state index in [0.29, 0.717) is 11.3 Å². The monoisotopic (exact) mass is 275 g/mol. The zero-order valence-corrected chi connectivity index (χ0v) is 11.8. The van der Waals surface area contributed by atoms with Gasteiger partial charge in [-0.25, -0.2) is 0 Å². The summed E-state index contributed by atoms with van der Waals surface area (Å²) in [5, 5.41) is 5.57. The van der Waals surface area contributed by atoms with E-state index in [-0.39, 0.29) is 18.4 Å². The van der Waals surface area contributed by atoms with Crippen LogP contribution in [-0.4, -0.2) is 43.4 Å². The van der Waals surface area contributed by atoms with Crippen molar-refractivity contribution in [2.75, 3.05) is 32.0 Å². The summed E-state index contributed by atoms with van der Waals surface area (Å²) in [6, 6.07) is 7.18. The molecule has 2 N–H and O–H groups in total. The third kappa shape index (κ3) is 3.57. The summed E-state index contributed by atoms with van der Waals surface area (Å²) in [6.45, 7) is 1.83. The molecule has 0 spiro atoms. The van der Waals surface area contributed by atoms with Crippen LogP contribution in [0.4, 0.5) is 5.69 Å². The lowest BCUT2D eigenvalue weighted by Gasteiger charge is -2.27. The number of amides is 2. The number of benzene rings is 1. The average molecular weight is 275 g/mol. The van der Waals surface area contributed by atoms with Gasteiger partial charge in [0.1, 0.15) is 0 Å². The van der Waals surface area contributed by atoms with Gasteiger partial charge in [-0.3, -0.25) is 9.59 Å². The van der Waals surface area contributed by atoms with Crippen molar-refractivity contribution < 1.29 is 9.59 Å². The molecule has 1 aromatic carbocycles. The van der Waals surface area contributed by atoms with Crippen molar-refractivity contribution in [3.8, 4) is 0 Å². The molecule has 0 aromatic heterocycles. The van der Waals surface area contributed by atoms with Crippen LogP contribution >= 0.6 is 0 Å². The molecule has 0 unspecified atom stereocenters. The van der Waals surface area contributed by atoms with Crippen molar-refractivity contribution in [2.45, 2.75) is 19.3 Å². The van der Waals surface area contributed by atoms with Gasteiger partial charge in [-0.2, -0.15) is 0 Å². The number of para-hydroxylation sites is 1. The van der Waals surface area contributed by atoms with E-state index < -0.39 is 0 Å². The molecular weight excluding hydrogens is 254 g/mol. The predicted octanol–water partition coefficient (Wildman–Crippen LogP) is 1.47. The first-order chi connectivity index (χ1) is 9.72. The number of hydrogen-bond donors (Lipinski definition) is 2. The van der Waals surface area contributed by atoms with Crippen LogP contribution in [0.2, 0.25) is 0 Å². The topological polar surface area (TPSA) is 61.4 Å². The smallest absolute Gasteiger partial charge is 0.255 e. The van der Waals surface area contributed by atoms with Gasteiger partial charge in [0.15, 0.2) is 0 Å². The number of nitrogens with zero attached hydrogens (tertiary/aromatic N) is 1. The fraction of sp³-hybridized carbons (Fsp3) is 0.467. The lowest BCUT2D eigenvalue weighted by molar-refractivity contribution is -0.115. The maximum atomic E-state index is 12.5. The molecule has 1 aliphatic heterocycles. The first-order valence-electron chi connectivity index (χ1n) is 7.05. The number of hydrogen-bond acceptors (Lipinski definition) is 3.